The minimum Gasteiger partial charge on any atom is -0.281 e. The first-order valence-electron chi connectivity index (χ1n) is 6.20. The molecule has 1 aliphatic rings. The number of aromatic amines is 1. The monoisotopic (exact) mass is 274 g/mol. The molecule has 98 valence electrons. The Kier molecular flexibility index (Phi) is 3.16. The predicted molar refractivity (Wildman–Crippen MR) is 74.6 cm³/mol. The first kappa shape index (κ1) is 12.1. The van der Waals surface area contributed by atoms with Gasteiger partial charge in [0.2, 0.25) is 0 Å². The smallest absolute Gasteiger partial charge is 0.281 e. The number of rotatable bonds is 3. The minimum absolute atomic E-state index is 0.240. The molecule has 5 nitrogen and oxygen atoms in total. The van der Waals surface area contributed by atoms with Crippen molar-refractivity contribution < 1.29 is 4.79 Å². The summed E-state index contributed by atoms with van der Waals surface area (Å²) in [7, 11) is 0. The van der Waals surface area contributed by atoms with Crippen molar-refractivity contribution in [3.8, 4) is 0 Å². The van der Waals surface area contributed by atoms with Gasteiger partial charge in [-0.1, -0.05) is 6.07 Å². The molecule has 2 heterocycles. The van der Waals surface area contributed by atoms with E-state index in [1.807, 2.05) is 24.4 Å². The van der Waals surface area contributed by atoms with E-state index >= 15 is 0 Å². The Bertz CT molecular complexity index is 627. The summed E-state index contributed by atoms with van der Waals surface area (Å²) in [4.78, 5) is 13.1. The second-order valence-electron chi connectivity index (χ2n) is 4.50. The van der Waals surface area contributed by atoms with Crippen LogP contribution < -0.4 is 5.43 Å². The third-order valence-corrected chi connectivity index (χ3v) is 4.20. The molecule has 3 rings (SSSR count). The van der Waals surface area contributed by atoms with E-state index < -0.39 is 0 Å². The zero-order valence-corrected chi connectivity index (χ0v) is 11.4. The zero-order chi connectivity index (χ0) is 13.2. The van der Waals surface area contributed by atoms with Gasteiger partial charge in [0.25, 0.3) is 5.91 Å². The standard InChI is InChI=1S/C13H14N4OS/c1-8(11-6-3-7-19-11)14-17-13(18)12-9-4-2-5-10(9)15-16-12/h3,6-7H,2,4-5H2,1H3,(H,15,16)(H,17,18)/b14-8+. The van der Waals surface area contributed by atoms with Gasteiger partial charge in [0.15, 0.2) is 5.69 Å². The molecule has 6 heteroatoms. The zero-order valence-electron chi connectivity index (χ0n) is 10.6. The van der Waals surface area contributed by atoms with Crippen molar-refractivity contribution in [3.63, 3.8) is 0 Å². The van der Waals surface area contributed by atoms with Gasteiger partial charge in [-0.25, -0.2) is 5.43 Å². The molecule has 2 N–H and O–H groups in total. The van der Waals surface area contributed by atoms with Gasteiger partial charge in [-0.3, -0.25) is 9.89 Å². The summed E-state index contributed by atoms with van der Waals surface area (Å²) in [6.45, 7) is 1.88. The van der Waals surface area contributed by atoms with Crippen molar-refractivity contribution in [3.05, 3.63) is 39.3 Å². The number of aryl methyl sites for hydroxylation is 1. The highest BCUT2D eigenvalue weighted by Crippen LogP contribution is 2.22. The second kappa shape index (κ2) is 4.97. The summed E-state index contributed by atoms with van der Waals surface area (Å²) in [5.74, 6) is -0.240. The van der Waals surface area contributed by atoms with Crippen molar-refractivity contribution in [1.82, 2.24) is 15.6 Å². The Labute approximate surface area is 114 Å². The fraction of sp³-hybridized carbons (Fsp3) is 0.308. The largest absolute Gasteiger partial charge is 0.292 e. The fourth-order valence-corrected chi connectivity index (χ4v) is 2.91. The number of hydrogen-bond donors (Lipinski definition) is 2. The number of carbonyl (C=O) groups excluding carboxylic acids is 1. The van der Waals surface area contributed by atoms with Crippen LogP contribution in [0.3, 0.4) is 0 Å². The molecular formula is C13H14N4OS. The lowest BCUT2D eigenvalue weighted by molar-refractivity contribution is 0.0949. The van der Waals surface area contributed by atoms with Crippen molar-refractivity contribution >= 4 is 23.0 Å². The molecule has 0 aromatic carbocycles. The fourth-order valence-electron chi connectivity index (χ4n) is 2.23. The number of nitrogens with one attached hydrogen (secondary N) is 2. The average molecular weight is 274 g/mol. The molecular weight excluding hydrogens is 260 g/mol. The van der Waals surface area contributed by atoms with Gasteiger partial charge in [-0.2, -0.15) is 10.2 Å². The van der Waals surface area contributed by atoms with Crippen LogP contribution in [0.15, 0.2) is 22.6 Å². The summed E-state index contributed by atoms with van der Waals surface area (Å²) >= 11 is 1.60. The molecule has 0 saturated heterocycles. The number of aromatic nitrogens is 2. The molecule has 2 aromatic rings. The molecule has 0 unspecified atom stereocenters. The van der Waals surface area contributed by atoms with E-state index in [1.54, 1.807) is 11.3 Å². The third-order valence-electron chi connectivity index (χ3n) is 3.22. The van der Waals surface area contributed by atoms with Crippen LogP contribution in [0.5, 0.6) is 0 Å². The number of H-pyrrole nitrogens is 1. The molecule has 1 aliphatic carbocycles. The quantitative estimate of drug-likeness (QED) is 0.665. The van der Waals surface area contributed by atoms with E-state index in [1.165, 1.54) is 0 Å². The first-order chi connectivity index (χ1) is 9.25. The van der Waals surface area contributed by atoms with Crippen molar-refractivity contribution in [2.45, 2.75) is 26.2 Å². The molecule has 19 heavy (non-hydrogen) atoms. The van der Waals surface area contributed by atoms with E-state index in [2.05, 4.69) is 20.7 Å². The number of fused-ring (bicyclic) bond motifs is 1. The summed E-state index contributed by atoms with van der Waals surface area (Å²) in [6.07, 6.45) is 2.98. The summed E-state index contributed by atoms with van der Waals surface area (Å²) in [5.41, 5.74) is 5.99. The Morgan fingerprint density at radius 3 is 3.21 bits per heavy atom. The molecule has 0 radical (unpaired) electrons. The lowest BCUT2D eigenvalue weighted by Gasteiger charge is -2.00. The van der Waals surface area contributed by atoms with E-state index in [9.17, 15) is 4.79 Å². The highest BCUT2D eigenvalue weighted by Gasteiger charge is 2.22. The molecule has 0 aliphatic heterocycles. The molecule has 0 fully saturated rings. The van der Waals surface area contributed by atoms with Crippen LogP contribution in [0.2, 0.25) is 0 Å². The van der Waals surface area contributed by atoms with Gasteiger partial charge in [0, 0.05) is 16.1 Å². The predicted octanol–water partition coefficient (Wildman–Crippen LogP) is 2.11. The molecule has 0 saturated carbocycles. The van der Waals surface area contributed by atoms with Crippen LogP contribution >= 0.6 is 11.3 Å². The minimum atomic E-state index is -0.240. The lowest BCUT2D eigenvalue weighted by Crippen LogP contribution is -2.20. The van der Waals surface area contributed by atoms with Crippen molar-refractivity contribution in [2.75, 3.05) is 0 Å². The van der Waals surface area contributed by atoms with Gasteiger partial charge in [-0.15, -0.1) is 11.3 Å². The SMILES string of the molecule is C/C(=N\NC(=O)c1n[nH]c2c1CCC2)c1cccs1. The normalized spacial score (nSPS) is 14.5. The summed E-state index contributed by atoms with van der Waals surface area (Å²) in [6, 6.07) is 3.93. The van der Waals surface area contributed by atoms with Crippen molar-refractivity contribution in [1.29, 1.82) is 0 Å². The number of carbonyl (C=O) groups is 1. The number of hydrazone groups is 1. The van der Waals surface area contributed by atoms with Crippen LogP contribution in [0, 0.1) is 0 Å². The van der Waals surface area contributed by atoms with E-state index in [-0.39, 0.29) is 5.91 Å². The van der Waals surface area contributed by atoms with Crippen LogP contribution in [-0.4, -0.2) is 21.8 Å². The lowest BCUT2D eigenvalue weighted by atomic mass is 10.2. The van der Waals surface area contributed by atoms with E-state index in [0.29, 0.717) is 5.69 Å². The van der Waals surface area contributed by atoms with Gasteiger partial charge in [0.05, 0.1) is 5.71 Å². The molecule has 0 spiro atoms. The number of amides is 1. The van der Waals surface area contributed by atoms with Gasteiger partial charge in [0.1, 0.15) is 0 Å². The van der Waals surface area contributed by atoms with Crippen molar-refractivity contribution in [2.24, 2.45) is 5.10 Å². The molecule has 2 aromatic heterocycles. The highest BCUT2D eigenvalue weighted by molar-refractivity contribution is 7.12. The van der Waals surface area contributed by atoms with Crippen LogP contribution in [0.25, 0.3) is 0 Å². The maximum absolute atomic E-state index is 12.0. The summed E-state index contributed by atoms with van der Waals surface area (Å²) in [5, 5.41) is 13.1. The molecule has 0 atom stereocenters. The number of hydrogen-bond acceptors (Lipinski definition) is 4. The third kappa shape index (κ3) is 2.31. The van der Waals surface area contributed by atoms with Gasteiger partial charge in [-0.05, 0) is 37.6 Å². The Hall–Kier alpha value is -1.95. The highest BCUT2D eigenvalue weighted by atomic mass is 32.1. The topological polar surface area (TPSA) is 70.1 Å². The maximum Gasteiger partial charge on any atom is 0.292 e. The summed E-state index contributed by atoms with van der Waals surface area (Å²) < 4.78 is 0. The van der Waals surface area contributed by atoms with Gasteiger partial charge < -0.3 is 0 Å². The van der Waals surface area contributed by atoms with Crippen LogP contribution in [-0.2, 0) is 12.8 Å². The van der Waals surface area contributed by atoms with Crippen LogP contribution in [0.1, 0.15) is 40.0 Å². The molecule has 1 amide bonds. The number of nitrogens with zero attached hydrogens (tertiary/aromatic N) is 2. The average Bonchev–Trinajstić information content (AvgIpc) is 3.10. The van der Waals surface area contributed by atoms with E-state index in [4.69, 9.17) is 0 Å². The van der Waals surface area contributed by atoms with E-state index in [0.717, 1.165) is 41.1 Å². The van der Waals surface area contributed by atoms with Gasteiger partial charge >= 0.3 is 0 Å². The Morgan fingerprint density at radius 2 is 2.42 bits per heavy atom. The molecule has 0 bridgehead atoms. The Balaban J connectivity index is 1.73. The number of thiophene rings is 1. The second-order valence-corrected chi connectivity index (χ2v) is 5.45. The Morgan fingerprint density at radius 1 is 1.53 bits per heavy atom. The van der Waals surface area contributed by atoms with Crippen LogP contribution in [0.4, 0.5) is 0 Å². The first-order valence-corrected chi connectivity index (χ1v) is 7.08. The maximum atomic E-state index is 12.0.